The highest BCUT2D eigenvalue weighted by atomic mass is 31.2. The molecule has 0 unspecified atom stereocenters. The molecule has 4 heteroatoms. The zero-order valence-electron chi connectivity index (χ0n) is 17.1. The first kappa shape index (κ1) is 20.2. The van der Waals surface area contributed by atoms with Crippen LogP contribution in [0.2, 0.25) is 0 Å². The third-order valence-corrected chi connectivity index (χ3v) is 8.04. The highest BCUT2D eigenvalue weighted by Gasteiger charge is 2.34. The van der Waals surface area contributed by atoms with Crippen LogP contribution in [-0.2, 0) is 9.98 Å². The van der Waals surface area contributed by atoms with Crippen LogP contribution in [0.3, 0.4) is 0 Å². The molecule has 146 valence electrons. The van der Waals surface area contributed by atoms with Crippen LogP contribution in [0.15, 0.2) is 72.8 Å². The molecule has 0 aromatic heterocycles. The molecule has 0 fully saturated rings. The van der Waals surface area contributed by atoms with E-state index in [0.717, 1.165) is 33.0 Å². The molecular weight excluding hydrogens is 367 g/mol. The van der Waals surface area contributed by atoms with E-state index in [1.165, 1.54) is 0 Å². The van der Waals surface area contributed by atoms with Crippen LogP contribution >= 0.6 is 7.14 Å². The van der Waals surface area contributed by atoms with Crippen molar-refractivity contribution in [3.05, 3.63) is 78.4 Å². The van der Waals surface area contributed by atoms with Crippen molar-refractivity contribution in [1.29, 1.82) is 0 Å². The second-order valence-electron chi connectivity index (χ2n) is 7.77. The monoisotopic (exact) mass is 394 g/mol. The molecule has 0 atom stereocenters. The average Bonchev–Trinajstić information content (AvgIpc) is 2.72. The van der Waals surface area contributed by atoms with Gasteiger partial charge < -0.3 is 14.0 Å². The Hall–Kier alpha value is -2.51. The van der Waals surface area contributed by atoms with Gasteiger partial charge in [0.15, 0.2) is 7.14 Å². The summed E-state index contributed by atoms with van der Waals surface area (Å²) < 4.78 is 25.4. The van der Waals surface area contributed by atoms with Crippen molar-refractivity contribution in [2.45, 2.75) is 26.2 Å². The second-order valence-corrected chi connectivity index (χ2v) is 10.5. The molecule has 3 aromatic rings. The molecule has 3 nitrogen and oxygen atoms in total. The highest BCUT2D eigenvalue weighted by Crippen LogP contribution is 2.45. The summed E-state index contributed by atoms with van der Waals surface area (Å²) in [5, 5.41) is 2.45. The third kappa shape index (κ3) is 3.72. The summed E-state index contributed by atoms with van der Waals surface area (Å²) in [6.07, 6.45) is 0. The lowest BCUT2D eigenvalue weighted by Crippen LogP contribution is -2.31. The largest absolute Gasteiger partial charge is 0.497 e. The number of rotatable bonds is 5. The van der Waals surface area contributed by atoms with Crippen molar-refractivity contribution in [2.75, 3.05) is 14.2 Å². The first-order valence-corrected chi connectivity index (χ1v) is 11.0. The van der Waals surface area contributed by atoms with E-state index in [4.69, 9.17) is 9.47 Å². The van der Waals surface area contributed by atoms with Crippen molar-refractivity contribution in [3.8, 4) is 11.5 Å². The lowest BCUT2D eigenvalue weighted by atomic mass is 9.87. The average molecular weight is 394 g/mol. The Kier molecular flexibility index (Phi) is 5.67. The van der Waals surface area contributed by atoms with Crippen LogP contribution in [0.4, 0.5) is 0 Å². The summed E-state index contributed by atoms with van der Waals surface area (Å²) in [6.45, 7) is 6.45. The molecular formula is C24H27O3P. The quantitative estimate of drug-likeness (QED) is 0.592. The number of hydrogen-bond acceptors (Lipinski definition) is 3. The molecule has 28 heavy (non-hydrogen) atoms. The van der Waals surface area contributed by atoms with Crippen molar-refractivity contribution in [2.24, 2.45) is 0 Å². The predicted octanol–water partition coefficient (Wildman–Crippen LogP) is 4.64. The van der Waals surface area contributed by atoms with Gasteiger partial charge in [-0.05, 0) is 59.5 Å². The van der Waals surface area contributed by atoms with Gasteiger partial charge in [-0.15, -0.1) is 0 Å². The number of ether oxygens (including phenoxy) is 2. The lowest BCUT2D eigenvalue weighted by Gasteiger charge is -2.28. The maximum absolute atomic E-state index is 14.8. The van der Waals surface area contributed by atoms with Gasteiger partial charge in [0.1, 0.15) is 11.5 Å². The number of hydrogen-bond donors (Lipinski definition) is 0. The van der Waals surface area contributed by atoms with Crippen LogP contribution in [0.1, 0.15) is 26.3 Å². The number of methoxy groups -OCH3 is 2. The van der Waals surface area contributed by atoms with Gasteiger partial charge >= 0.3 is 0 Å². The molecule has 0 saturated heterocycles. The molecule has 0 bridgehead atoms. The molecule has 0 aliphatic carbocycles. The summed E-state index contributed by atoms with van der Waals surface area (Å²) in [6, 6.07) is 23.1. The third-order valence-electron chi connectivity index (χ3n) is 4.92. The van der Waals surface area contributed by atoms with Crippen molar-refractivity contribution in [1.82, 2.24) is 0 Å². The molecule has 3 rings (SSSR count). The molecule has 0 aliphatic rings. The van der Waals surface area contributed by atoms with E-state index in [-0.39, 0.29) is 5.41 Å². The zero-order chi connectivity index (χ0) is 20.4. The van der Waals surface area contributed by atoms with Crippen molar-refractivity contribution in [3.63, 3.8) is 0 Å². The van der Waals surface area contributed by atoms with Crippen LogP contribution in [0.25, 0.3) is 0 Å². The van der Waals surface area contributed by atoms with Crippen LogP contribution in [0.5, 0.6) is 11.5 Å². The Morgan fingerprint density at radius 3 is 1.50 bits per heavy atom. The Morgan fingerprint density at radius 2 is 1.11 bits per heavy atom. The lowest BCUT2D eigenvalue weighted by molar-refractivity contribution is 0.415. The summed E-state index contributed by atoms with van der Waals surface area (Å²) in [4.78, 5) is 0. The fraction of sp³-hybridized carbons (Fsp3) is 0.250. The topological polar surface area (TPSA) is 35.5 Å². The Labute approximate surface area is 167 Å². The Morgan fingerprint density at radius 1 is 0.679 bits per heavy atom. The molecule has 0 radical (unpaired) electrons. The van der Waals surface area contributed by atoms with Crippen LogP contribution in [0, 0.1) is 0 Å². The summed E-state index contributed by atoms with van der Waals surface area (Å²) in [5.41, 5.74) is 0.954. The second kappa shape index (κ2) is 7.85. The fourth-order valence-corrected chi connectivity index (χ4v) is 6.43. The molecule has 0 amide bonds. The van der Waals surface area contributed by atoms with E-state index in [9.17, 15) is 4.57 Å². The van der Waals surface area contributed by atoms with Crippen molar-refractivity contribution >= 4 is 23.1 Å². The summed E-state index contributed by atoms with van der Waals surface area (Å²) in [5.74, 6) is 1.49. The Bertz CT molecular complexity index is 932. The smallest absolute Gasteiger partial charge is 0.171 e. The van der Waals surface area contributed by atoms with E-state index >= 15 is 0 Å². The van der Waals surface area contributed by atoms with Gasteiger partial charge in [0.2, 0.25) is 0 Å². The summed E-state index contributed by atoms with van der Waals surface area (Å²) in [7, 11) is 0.182. The minimum Gasteiger partial charge on any atom is -0.497 e. The van der Waals surface area contributed by atoms with E-state index in [1.807, 2.05) is 66.7 Å². The first-order valence-electron chi connectivity index (χ1n) is 9.30. The van der Waals surface area contributed by atoms with Gasteiger partial charge in [0.05, 0.1) is 14.2 Å². The maximum Gasteiger partial charge on any atom is 0.171 e. The van der Waals surface area contributed by atoms with E-state index in [2.05, 4.69) is 26.8 Å². The minimum absolute atomic E-state index is 0.134. The van der Waals surface area contributed by atoms with E-state index in [1.54, 1.807) is 14.2 Å². The van der Waals surface area contributed by atoms with Gasteiger partial charge in [-0.25, -0.2) is 0 Å². The first-order chi connectivity index (χ1) is 13.3. The van der Waals surface area contributed by atoms with E-state index in [0.29, 0.717) is 0 Å². The number of benzene rings is 3. The SMILES string of the molecule is COc1ccc(P(=O)(c2ccc(OC)cc2)c2ccccc2C(C)(C)C)cc1. The van der Waals surface area contributed by atoms with Gasteiger partial charge in [0.25, 0.3) is 0 Å². The standard InChI is InChI=1S/C24H27O3P/c1-24(2,3)22-8-6-7-9-23(22)28(25,20-14-10-18(26-4)11-15-20)21-16-12-19(27-5)13-17-21/h6-17H,1-5H3. The predicted molar refractivity (Wildman–Crippen MR) is 118 cm³/mol. The van der Waals surface area contributed by atoms with Gasteiger partial charge in [-0.1, -0.05) is 45.0 Å². The minimum atomic E-state index is -3.08. The Balaban J connectivity index is 2.30. The molecule has 0 N–H and O–H groups in total. The van der Waals surface area contributed by atoms with Crippen molar-refractivity contribution < 1.29 is 14.0 Å². The van der Waals surface area contributed by atoms with Gasteiger partial charge in [-0.2, -0.15) is 0 Å². The molecule has 3 aromatic carbocycles. The van der Waals surface area contributed by atoms with Gasteiger partial charge in [-0.3, -0.25) is 0 Å². The molecule has 0 heterocycles. The fourth-order valence-electron chi connectivity index (χ4n) is 3.39. The molecule has 0 spiro atoms. The highest BCUT2D eigenvalue weighted by molar-refractivity contribution is 7.85. The van der Waals surface area contributed by atoms with E-state index < -0.39 is 7.14 Å². The zero-order valence-corrected chi connectivity index (χ0v) is 18.0. The van der Waals surface area contributed by atoms with Crippen LogP contribution in [-0.4, -0.2) is 14.2 Å². The van der Waals surface area contributed by atoms with Gasteiger partial charge in [0, 0.05) is 15.9 Å². The maximum atomic E-state index is 14.8. The normalized spacial score (nSPS) is 11.9. The summed E-state index contributed by atoms with van der Waals surface area (Å²) >= 11 is 0. The molecule has 0 saturated carbocycles. The van der Waals surface area contributed by atoms with Crippen LogP contribution < -0.4 is 25.4 Å². The molecule has 0 aliphatic heterocycles.